The van der Waals surface area contributed by atoms with Gasteiger partial charge in [0, 0.05) is 13.5 Å². The molecule has 0 bridgehead atoms. The molecule has 1 saturated carbocycles. The van der Waals surface area contributed by atoms with Crippen molar-refractivity contribution in [2.75, 3.05) is 6.54 Å². The Morgan fingerprint density at radius 1 is 0.971 bits per heavy atom. The molecule has 0 unspecified atom stereocenters. The van der Waals surface area contributed by atoms with Gasteiger partial charge in [0.2, 0.25) is 5.91 Å². The SMILES string of the molecule is CC(=O)NCCc1cc(C)c(OC2CCC(OCc3ccccc3)CC2)cc1-c1cccc(F)c1. The molecule has 5 heteroatoms. The minimum absolute atomic E-state index is 0.0580. The summed E-state index contributed by atoms with van der Waals surface area (Å²) in [6.07, 6.45) is 4.89. The fourth-order valence-electron chi connectivity index (χ4n) is 4.66. The molecule has 3 aromatic carbocycles. The number of carbonyl (C=O) groups excluding carboxylic acids is 1. The van der Waals surface area contributed by atoms with Crippen LogP contribution < -0.4 is 10.1 Å². The maximum Gasteiger partial charge on any atom is 0.216 e. The summed E-state index contributed by atoms with van der Waals surface area (Å²) in [4.78, 5) is 11.3. The van der Waals surface area contributed by atoms with E-state index in [9.17, 15) is 9.18 Å². The maximum atomic E-state index is 14.0. The first-order chi connectivity index (χ1) is 17.0. The molecule has 0 spiro atoms. The van der Waals surface area contributed by atoms with Crippen molar-refractivity contribution in [3.63, 3.8) is 0 Å². The molecule has 1 fully saturated rings. The third-order valence-electron chi connectivity index (χ3n) is 6.55. The van der Waals surface area contributed by atoms with Crippen molar-refractivity contribution in [3.05, 3.63) is 89.2 Å². The number of hydrogen-bond acceptors (Lipinski definition) is 3. The van der Waals surface area contributed by atoms with Crippen molar-refractivity contribution in [3.8, 4) is 16.9 Å². The van der Waals surface area contributed by atoms with Crippen molar-refractivity contribution in [2.45, 2.75) is 64.8 Å². The highest BCUT2D eigenvalue weighted by Crippen LogP contribution is 2.34. The topological polar surface area (TPSA) is 47.6 Å². The quantitative estimate of drug-likeness (QED) is 0.390. The van der Waals surface area contributed by atoms with Crippen molar-refractivity contribution >= 4 is 5.91 Å². The predicted octanol–water partition coefficient (Wildman–Crippen LogP) is 6.39. The zero-order chi connectivity index (χ0) is 24.6. The van der Waals surface area contributed by atoms with E-state index in [-0.39, 0.29) is 23.9 Å². The van der Waals surface area contributed by atoms with Crippen LogP contribution in [0.4, 0.5) is 4.39 Å². The van der Waals surface area contributed by atoms with E-state index in [0.717, 1.165) is 53.7 Å². The van der Waals surface area contributed by atoms with Crippen LogP contribution in [0.5, 0.6) is 5.75 Å². The Bertz CT molecular complexity index is 1120. The van der Waals surface area contributed by atoms with Gasteiger partial charge in [0.15, 0.2) is 0 Å². The molecule has 1 aliphatic carbocycles. The molecule has 3 aromatic rings. The summed E-state index contributed by atoms with van der Waals surface area (Å²) in [5.74, 6) is 0.505. The Balaban J connectivity index is 1.42. The largest absolute Gasteiger partial charge is 0.490 e. The van der Waals surface area contributed by atoms with Crippen LogP contribution in [0.3, 0.4) is 0 Å². The van der Waals surface area contributed by atoms with E-state index in [1.807, 2.05) is 37.3 Å². The van der Waals surface area contributed by atoms with Crippen LogP contribution in [-0.2, 0) is 22.6 Å². The third kappa shape index (κ3) is 7.15. The van der Waals surface area contributed by atoms with Crippen molar-refractivity contribution in [2.24, 2.45) is 0 Å². The molecule has 1 N–H and O–H groups in total. The molecule has 4 nitrogen and oxygen atoms in total. The lowest BCUT2D eigenvalue weighted by molar-refractivity contribution is -0.118. The number of halogens is 1. The second-order valence-corrected chi connectivity index (χ2v) is 9.33. The Hall–Kier alpha value is -3.18. The van der Waals surface area contributed by atoms with Gasteiger partial charge in [-0.25, -0.2) is 4.39 Å². The highest BCUT2D eigenvalue weighted by Gasteiger charge is 2.24. The standard InChI is InChI=1S/C30H34FNO3/c1-21-17-25(15-16-32-22(2)33)29(24-9-6-10-26(31)18-24)19-30(21)35-28-13-11-27(12-14-28)34-20-23-7-4-3-5-8-23/h3-10,17-19,27-28H,11-16,20H2,1-2H3,(H,32,33). The Morgan fingerprint density at radius 2 is 1.71 bits per heavy atom. The number of benzene rings is 3. The predicted molar refractivity (Wildman–Crippen MR) is 137 cm³/mol. The highest BCUT2D eigenvalue weighted by atomic mass is 19.1. The number of aryl methyl sites for hydroxylation is 1. The summed E-state index contributed by atoms with van der Waals surface area (Å²) in [7, 11) is 0. The lowest BCUT2D eigenvalue weighted by atomic mass is 9.93. The molecule has 1 aliphatic rings. The van der Waals surface area contributed by atoms with Gasteiger partial charge in [-0.05, 0) is 85.0 Å². The van der Waals surface area contributed by atoms with Gasteiger partial charge >= 0.3 is 0 Å². The van der Waals surface area contributed by atoms with E-state index < -0.39 is 0 Å². The lowest BCUT2D eigenvalue weighted by Crippen LogP contribution is -2.28. The van der Waals surface area contributed by atoms with Crippen LogP contribution in [0, 0.1) is 12.7 Å². The summed E-state index contributed by atoms with van der Waals surface area (Å²) in [5.41, 5.74) is 5.06. The van der Waals surface area contributed by atoms with Gasteiger partial charge in [0.25, 0.3) is 0 Å². The molecule has 0 radical (unpaired) electrons. The van der Waals surface area contributed by atoms with E-state index in [0.29, 0.717) is 19.6 Å². The maximum absolute atomic E-state index is 14.0. The number of rotatable bonds is 9. The molecular formula is C30H34FNO3. The summed E-state index contributed by atoms with van der Waals surface area (Å²) in [6, 6.07) is 21.0. The van der Waals surface area contributed by atoms with Gasteiger partial charge < -0.3 is 14.8 Å². The molecule has 0 heterocycles. The number of nitrogens with one attached hydrogen (secondary N) is 1. The zero-order valence-corrected chi connectivity index (χ0v) is 20.6. The lowest BCUT2D eigenvalue weighted by Gasteiger charge is -2.30. The van der Waals surface area contributed by atoms with Gasteiger partial charge in [-0.1, -0.05) is 48.5 Å². The summed E-state index contributed by atoms with van der Waals surface area (Å²) < 4.78 is 26.6. The third-order valence-corrected chi connectivity index (χ3v) is 6.55. The second-order valence-electron chi connectivity index (χ2n) is 9.33. The molecule has 0 saturated heterocycles. The van der Waals surface area contributed by atoms with Crippen LogP contribution in [0.2, 0.25) is 0 Å². The minimum atomic E-state index is -0.271. The molecular weight excluding hydrogens is 441 g/mol. The van der Waals surface area contributed by atoms with Crippen LogP contribution in [0.1, 0.15) is 49.3 Å². The second kappa shape index (κ2) is 12.0. The van der Waals surface area contributed by atoms with Gasteiger partial charge in [-0.2, -0.15) is 0 Å². The number of carbonyl (C=O) groups is 1. The van der Waals surface area contributed by atoms with E-state index in [2.05, 4.69) is 23.5 Å². The van der Waals surface area contributed by atoms with Crippen LogP contribution in [-0.4, -0.2) is 24.7 Å². The first kappa shape index (κ1) is 24.9. The summed E-state index contributed by atoms with van der Waals surface area (Å²) in [5, 5.41) is 2.85. The number of hydrogen-bond donors (Lipinski definition) is 1. The first-order valence-electron chi connectivity index (χ1n) is 12.4. The fraction of sp³-hybridized carbons (Fsp3) is 0.367. The smallest absolute Gasteiger partial charge is 0.216 e. The Labute approximate surface area is 207 Å². The average Bonchev–Trinajstić information content (AvgIpc) is 2.85. The fourth-order valence-corrected chi connectivity index (χ4v) is 4.66. The Kier molecular flexibility index (Phi) is 8.54. The van der Waals surface area contributed by atoms with Gasteiger partial charge in [-0.15, -0.1) is 0 Å². The zero-order valence-electron chi connectivity index (χ0n) is 20.6. The molecule has 35 heavy (non-hydrogen) atoms. The van der Waals surface area contributed by atoms with Crippen LogP contribution >= 0.6 is 0 Å². The number of amides is 1. The van der Waals surface area contributed by atoms with Gasteiger partial charge in [-0.3, -0.25) is 4.79 Å². The molecule has 4 rings (SSSR count). The van der Waals surface area contributed by atoms with E-state index in [1.165, 1.54) is 18.6 Å². The first-order valence-corrected chi connectivity index (χ1v) is 12.4. The number of ether oxygens (including phenoxy) is 2. The van der Waals surface area contributed by atoms with Crippen LogP contribution in [0.25, 0.3) is 11.1 Å². The molecule has 0 aliphatic heterocycles. The average molecular weight is 476 g/mol. The summed E-state index contributed by atoms with van der Waals surface area (Å²) >= 11 is 0. The minimum Gasteiger partial charge on any atom is -0.490 e. The van der Waals surface area contributed by atoms with E-state index >= 15 is 0 Å². The normalized spacial score (nSPS) is 17.7. The molecule has 0 aromatic heterocycles. The van der Waals surface area contributed by atoms with Gasteiger partial charge in [0.1, 0.15) is 11.6 Å². The summed E-state index contributed by atoms with van der Waals surface area (Å²) in [6.45, 7) is 4.73. The van der Waals surface area contributed by atoms with Crippen molar-refractivity contribution in [1.29, 1.82) is 0 Å². The van der Waals surface area contributed by atoms with Crippen molar-refractivity contribution in [1.82, 2.24) is 5.32 Å². The Morgan fingerprint density at radius 3 is 2.43 bits per heavy atom. The molecule has 0 atom stereocenters. The van der Waals surface area contributed by atoms with E-state index in [1.54, 1.807) is 12.1 Å². The van der Waals surface area contributed by atoms with Crippen molar-refractivity contribution < 1.29 is 18.7 Å². The highest BCUT2D eigenvalue weighted by molar-refractivity contribution is 5.73. The molecule has 1 amide bonds. The van der Waals surface area contributed by atoms with E-state index in [4.69, 9.17) is 9.47 Å². The molecule has 184 valence electrons. The van der Waals surface area contributed by atoms with Crippen LogP contribution in [0.15, 0.2) is 66.7 Å². The monoisotopic (exact) mass is 475 g/mol. The van der Waals surface area contributed by atoms with Gasteiger partial charge in [0.05, 0.1) is 18.8 Å².